The average molecular weight is 426 g/mol. The molecule has 31 heavy (non-hydrogen) atoms. The molecular weight excluding hydrogens is 394 g/mol. The van der Waals surface area contributed by atoms with Gasteiger partial charge in [0.1, 0.15) is 30.3 Å². The number of hydrogen-bond donors (Lipinski definition) is 1. The lowest BCUT2D eigenvalue weighted by molar-refractivity contribution is -0.125. The summed E-state index contributed by atoms with van der Waals surface area (Å²) in [6.45, 7) is 4.69. The van der Waals surface area contributed by atoms with Gasteiger partial charge in [0.25, 0.3) is 5.91 Å². The van der Waals surface area contributed by atoms with Crippen molar-refractivity contribution in [1.29, 1.82) is 0 Å². The summed E-state index contributed by atoms with van der Waals surface area (Å²) >= 11 is 0. The largest absolute Gasteiger partial charge is 0.490 e. The normalized spacial score (nSPS) is 20.5. The highest BCUT2D eigenvalue weighted by atomic mass is 16.5. The first-order chi connectivity index (χ1) is 15.0. The second kappa shape index (κ2) is 11.4. The second-order valence-electron chi connectivity index (χ2n) is 8.02. The van der Waals surface area contributed by atoms with Crippen molar-refractivity contribution >= 4 is 11.9 Å². The Bertz CT molecular complexity index is 854. The van der Waals surface area contributed by atoms with E-state index in [1.54, 1.807) is 24.3 Å². The van der Waals surface area contributed by atoms with Crippen LogP contribution in [0, 0.1) is 11.8 Å². The van der Waals surface area contributed by atoms with Crippen LogP contribution in [-0.4, -0.2) is 37.7 Å². The topological polar surface area (TPSA) is 73.9 Å². The number of esters is 1. The SMILES string of the molecule is C[C@H]1[C@@H](NC(=O)COC(=O)c2ccccc2OCCOc2ccccc2)CCC[C@@H]1C. The molecule has 1 amide bonds. The lowest BCUT2D eigenvalue weighted by atomic mass is 9.78. The van der Waals surface area contributed by atoms with E-state index in [0.717, 1.165) is 18.6 Å². The Morgan fingerprint density at radius 3 is 2.45 bits per heavy atom. The van der Waals surface area contributed by atoms with Crippen LogP contribution in [0.4, 0.5) is 0 Å². The van der Waals surface area contributed by atoms with Crippen molar-refractivity contribution in [3.05, 3.63) is 60.2 Å². The molecule has 0 heterocycles. The van der Waals surface area contributed by atoms with Crippen molar-refractivity contribution in [3.8, 4) is 11.5 Å². The van der Waals surface area contributed by atoms with Crippen LogP contribution in [0.1, 0.15) is 43.5 Å². The molecule has 166 valence electrons. The van der Waals surface area contributed by atoms with E-state index in [1.165, 1.54) is 6.42 Å². The number of carbonyl (C=O) groups is 2. The lowest BCUT2D eigenvalue weighted by Crippen LogP contribution is -2.45. The van der Waals surface area contributed by atoms with Gasteiger partial charge >= 0.3 is 5.97 Å². The van der Waals surface area contributed by atoms with Gasteiger partial charge in [-0.25, -0.2) is 4.79 Å². The van der Waals surface area contributed by atoms with Crippen LogP contribution in [0.3, 0.4) is 0 Å². The van der Waals surface area contributed by atoms with Gasteiger partial charge in [0.05, 0.1) is 0 Å². The molecule has 1 N–H and O–H groups in total. The summed E-state index contributed by atoms with van der Waals surface area (Å²) in [6.07, 6.45) is 3.26. The molecule has 0 unspecified atom stereocenters. The predicted molar refractivity (Wildman–Crippen MR) is 118 cm³/mol. The van der Waals surface area contributed by atoms with Gasteiger partial charge in [-0.1, -0.05) is 57.0 Å². The molecule has 3 atom stereocenters. The monoisotopic (exact) mass is 425 g/mol. The van der Waals surface area contributed by atoms with Crippen LogP contribution >= 0.6 is 0 Å². The minimum atomic E-state index is -0.584. The van der Waals surface area contributed by atoms with Crippen LogP contribution in [0.25, 0.3) is 0 Å². The Kier molecular flexibility index (Phi) is 8.33. The molecule has 6 nitrogen and oxygen atoms in total. The Balaban J connectivity index is 1.46. The molecule has 2 aromatic carbocycles. The van der Waals surface area contributed by atoms with Gasteiger partial charge in [-0.05, 0) is 42.5 Å². The van der Waals surface area contributed by atoms with Crippen molar-refractivity contribution in [2.75, 3.05) is 19.8 Å². The molecule has 3 rings (SSSR count). The summed E-state index contributed by atoms with van der Waals surface area (Å²) in [5, 5.41) is 3.01. The summed E-state index contributed by atoms with van der Waals surface area (Å²) in [5.74, 6) is 1.30. The van der Waals surface area contributed by atoms with Crippen LogP contribution in [0.2, 0.25) is 0 Å². The van der Waals surface area contributed by atoms with Crippen molar-refractivity contribution in [3.63, 3.8) is 0 Å². The number of ether oxygens (including phenoxy) is 3. The van der Waals surface area contributed by atoms with Gasteiger partial charge in [-0.2, -0.15) is 0 Å². The molecule has 1 aliphatic carbocycles. The number of carbonyl (C=O) groups excluding carboxylic acids is 2. The number of amides is 1. The van der Waals surface area contributed by atoms with Crippen LogP contribution in [0.15, 0.2) is 54.6 Å². The minimum Gasteiger partial charge on any atom is -0.490 e. The highest BCUT2D eigenvalue weighted by molar-refractivity contribution is 5.94. The third-order valence-corrected chi connectivity index (χ3v) is 5.85. The number of nitrogens with one attached hydrogen (secondary N) is 1. The summed E-state index contributed by atoms with van der Waals surface area (Å²) in [5.41, 5.74) is 0.287. The molecule has 1 aliphatic rings. The smallest absolute Gasteiger partial charge is 0.342 e. The quantitative estimate of drug-likeness (QED) is 0.480. The van der Waals surface area contributed by atoms with E-state index >= 15 is 0 Å². The lowest BCUT2D eigenvalue weighted by Gasteiger charge is -2.34. The minimum absolute atomic E-state index is 0.134. The summed E-state index contributed by atoms with van der Waals surface area (Å²) in [6, 6.07) is 16.4. The number of hydrogen-bond acceptors (Lipinski definition) is 5. The standard InChI is InChI=1S/C25H31NO5/c1-18-9-8-13-22(19(18)2)26-24(27)17-31-25(28)21-12-6-7-14-23(21)30-16-15-29-20-10-4-3-5-11-20/h3-7,10-12,14,18-19,22H,8-9,13,15-17H2,1-2H3,(H,26,27)/t18-,19+,22-/m0/s1. The van der Waals surface area contributed by atoms with Gasteiger partial charge in [0.2, 0.25) is 0 Å². The van der Waals surface area contributed by atoms with E-state index in [0.29, 0.717) is 24.2 Å². The fourth-order valence-corrected chi connectivity index (χ4v) is 3.83. The number of rotatable bonds is 9. The zero-order valence-electron chi connectivity index (χ0n) is 18.2. The number of para-hydroxylation sites is 2. The Morgan fingerprint density at radius 1 is 0.935 bits per heavy atom. The fraction of sp³-hybridized carbons (Fsp3) is 0.440. The molecule has 0 aliphatic heterocycles. The molecule has 1 fully saturated rings. The van der Waals surface area contributed by atoms with E-state index < -0.39 is 5.97 Å². The van der Waals surface area contributed by atoms with Crippen molar-refractivity contribution in [1.82, 2.24) is 5.32 Å². The third-order valence-electron chi connectivity index (χ3n) is 5.85. The van der Waals surface area contributed by atoms with Gasteiger partial charge < -0.3 is 19.5 Å². The van der Waals surface area contributed by atoms with Crippen molar-refractivity contribution < 1.29 is 23.8 Å². The molecule has 0 aromatic heterocycles. The van der Waals surface area contributed by atoms with Crippen LogP contribution < -0.4 is 14.8 Å². The molecule has 6 heteroatoms. The molecule has 0 spiro atoms. The van der Waals surface area contributed by atoms with E-state index in [4.69, 9.17) is 14.2 Å². The maximum Gasteiger partial charge on any atom is 0.342 e. The molecular formula is C25H31NO5. The Morgan fingerprint density at radius 2 is 1.65 bits per heavy atom. The molecule has 2 aromatic rings. The second-order valence-corrected chi connectivity index (χ2v) is 8.02. The highest BCUT2D eigenvalue weighted by Crippen LogP contribution is 2.29. The average Bonchev–Trinajstić information content (AvgIpc) is 2.79. The molecule has 0 radical (unpaired) electrons. The fourth-order valence-electron chi connectivity index (χ4n) is 3.83. The number of benzene rings is 2. The first-order valence-corrected chi connectivity index (χ1v) is 10.9. The Hall–Kier alpha value is -3.02. The van der Waals surface area contributed by atoms with Gasteiger partial charge in [0.15, 0.2) is 6.61 Å². The Labute approximate surface area is 183 Å². The predicted octanol–water partition coefficient (Wildman–Crippen LogP) is 4.24. The molecule has 0 bridgehead atoms. The summed E-state index contributed by atoms with van der Waals surface area (Å²) in [7, 11) is 0. The maximum absolute atomic E-state index is 12.5. The van der Waals surface area contributed by atoms with Gasteiger partial charge in [-0.3, -0.25) is 4.79 Å². The summed E-state index contributed by atoms with van der Waals surface area (Å²) in [4.78, 5) is 24.8. The summed E-state index contributed by atoms with van der Waals surface area (Å²) < 4.78 is 16.6. The highest BCUT2D eigenvalue weighted by Gasteiger charge is 2.28. The molecule has 1 saturated carbocycles. The first kappa shape index (κ1) is 22.7. The van der Waals surface area contributed by atoms with Crippen LogP contribution in [0.5, 0.6) is 11.5 Å². The van der Waals surface area contributed by atoms with E-state index in [-0.39, 0.29) is 30.7 Å². The van der Waals surface area contributed by atoms with Crippen molar-refractivity contribution in [2.45, 2.75) is 39.2 Å². The first-order valence-electron chi connectivity index (χ1n) is 10.9. The van der Waals surface area contributed by atoms with E-state index in [9.17, 15) is 9.59 Å². The van der Waals surface area contributed by atoms with Crippen molar-refractivity contribution in [2.24, 2.45) is 11.8 Å². The van der Waals surface area contributed by atoms with E-state index in [1.807, 2.05) is 30.3 Å². The zero-order valence-corrected chi connectivity index (χ0v) is 18.2. The zero-order chi connectivity index (χ0) is 22.1. The van der Waals surface area contributed by atoms with Crippen LogP contribution in [-0.2, 0) is 9.53 Å². The maximum atomic E-state index is 12.5. The van der Waals surface area contributed by atoms with Gasteiger partial charge in [0, 0.05) is 6.04 Å². The molecule has 0 saturated heterocycles. The van der Waals surface area contributed by atoms with E-state index in [2.05, 4.69) is 19.2 Å². The van der Waals surface area contributed by atoms with Gasteiger partial charge in [-0.15, -0.1) is 0 Å². The third kappa shape index (κ3) is 6.74.